The molecule has 184 valence electrons. The quantitative estimate of drug-likeness (QED) is 0.493. The molecule has 1 atom stereocenters. The Morgan fingerprint density at radius 2 is 1.51 bits per heavy atom. The highest BCUT2D eigenvalue weighted by Gasteiger charge is 2.32. The number of hydrogen-bond donors (Lipinski definition) is 1. The van der Waals surface area contributed by atoms with Crippen molar-refractivity contribution in [3.05, 3.63) is 95.6 Å². The van der Waals surface area contributed by atoms with E-state index in [1.165, 1.54) is 24.1 Å². The van der Waals surface area contributed by atoms with Crippen molar-refractivity contribution in [3.8, 4) is 0 Å². The van der Waals surface area contributed by atoms with Gasteiger partial charge in [-0.25, -0.2) is 8.42 Å². The number of nitrogens with zero attached hydrogens (tertiary/aromatic N) is 2. The SMILES string of the molecule is CNC(=O)[C@H](C)N(Cc1ccccc1)C(=O)CN(c1cc(C)ccc1C)S(=O)(=O)c1ccccc1. The van der Waals surface area contributed by atoms with Gasteiger partial charge in [-0.05, 0) is 55.7 Å². The molecule has 3 rings (SSSR count). The molecule has 7 nitrogen and oxygen atoms in total. The summed E-state index contributed by atoms with van der Waals surface area (Å²) in [7, 11) is -2.55. The van der Waals surface area contributed by atoms with E-state index in [0.29, 0.717) is 5.69 Å². The third kappa shape index (κ3) is 6.08. The van der Waals surface area contributed by atoms with Crippen molar-refractivity contribution in [2.45, 2.75) is 38.3 Å². The van der Waals surface area contributed by atoms with Crippen molar-refractivity contribution in [1.82, 2.24) is 10.2 Å². The molecule has 0 radical (unpaired) electrons. The highest BCUT2D eigenvalue weighted by molar-refractivity contribution is 7.92. The molecule has 3 aromatic rings. The second kappa shape index (κ2) is 11.2. The second-order valence-corrected chi connectivity index (χ2v) is 10.3. The Morgan fingerprint density at radius 3 is 2.11 bits per heavy atom. The predicted octanol–water partition coefficient (Wildman–Crippen LogP) is 3.66. The highest BCUT2D eigenvalue weighted by Crippen LogP contribution is 2.28. The minimum atomic E-state index is -4.06. The fourth-order valence-electron chi connectivity index (χ4n) is 3.79. The van der Waals surface area contributed by atoms with Crippen LogP contribution in [0.15, 0.2) is 83.8 Å². The Balaban J connectivity index is 2.06. The zero-order valence-electron chi connectivity index (χ0n) is 20.4. The molecule has 0 saturated heterocycles. The van der Waals surface area contributed by atoms with Gasteiger partial charge in [-0.3, -0.25) is 13.9 Å². The summed E-state index contributed by atoms with van der Waals surface area (Å²) in [6.07, 6.45) is 0. The van der Waals surface area contributed by atoms with E-state index in [4.69, 9.17) is 0 Å². The standard InChI is InChI=1S/C27H31N3O4S/c1-20-15-16-21(2)25(17-20)30(35(33,34)24-13-9-6-10-14-24)19-26(31)29(22(3)27(32)28-4)18-23-11-7-5-8-12-23/h5-17,22H,18-19H2,1-4H3,(H,28,32)/t22-/m0/s1. The Hall–Kier alpha value is -3.65. The number of rotatable bonds is 9. The highest BCUT2D eigenvalue weighted by atomic mass is 32.2. The van der Waals surface area contributed by atoms with Gasteiger partial charge in [-0.1, -0.05) is 60.7 Å². The first-order valence-corrected chi connectivity index (χ1v) is 12.8. The molecule has 3 aromatic carbocycles. The predicted molar refractivity (Wildman–Crippen MR) is 137 cm³/mol. The molecule has 8 heteroatoms. The van der Waals surface area contributed by atoms with Crippen LogP contribution >= 0.6 is 0 Å². The molecule has 0 aliphatic heterocycles. The summed E-state index contributed by atoms with van der Waals surface area (Å²) in [6, 6.07) is 22.0. The number of likely N-dealkylation sites (N-methyl/N-ethyl adjacent to an activating group) is 1. The van der Waals surface area contributed by atoms with Crippen LogP contribution in [0.25, 0.3) is 0 Å². The van der Waals surface area contributed by atoms with E-state index in [9.17, 15) is 18.0 Å². The Kier molecular flexibility index (Phi) is 8.30. The Labute approximate surface area is 207 Å². The van der Waals surface area contributed by atoms with Crippen LogP contribution in [0, 0.1) is 13.8 Å². The van der Waals surface area contributed by atoms with Gasteiger partial charge in [-0.2, -0.15) is 0 Å². The third-order valence-corrected chi connectivity index (χ3v) is 7.63. The van der Waals surface area contributed by atoms with Gasteiger partial charge in [0.1, 0.15) is 12.6 Å². The molecular weight excluding hydrogens is 462 g/mol. The molecule has 0 saturated carbocycles. The van der Waals surface area contributed by atoms with Crippen molar-refractivity contribution in [3.63, 3.8) is 0 Å². The molecule has 1 N–H and O–H groups in total. The summed E-state index contributed by atoms with van der Waals surface area (Å²) in [5.41, 5.74) is 2.85. The lowest BCUT2D eigenvalue weighted by molar-refractivity contribution is -0.139. The summed E-state index contributed by atoms with van der Waals surface area (Å²) in [5.74, 6) is -0.816. The van der Waals surface area contributed by atoms with Gasteiger partial charge in [0.25, 0.3) is 10.0 Å². The minimum absolute atomic E-state index is 0.0858. The Bertz CT molecular complexity index is 1280. The number of sulfonamides is 1. The first-order chi connectivity index (χ1) is 16.6. The molecule has 35 heavy (non-hydrogen) atoms. The molecular formula is C27H31N3O4S. The van der Waals surface area contributed by atoms with E-state index in [1.807, 2.05) is 56.3 Å². The molecule has 0 spiro atoms. The topological polar surface area (TPSA) is 86.8 Å². The number of anilines is 1. The van der Waals surface area contributed by atoms with Crippen molar-refractivity contribution < 1.29 is 18.0 Å². The van der Waals surface area contributed by atoms with Crippen LogP contribution in [-0.2, 0) is 26.2 Å². The molecule has 0 unspecified atom stereocenters. The molecule has 0 aromatic heterocycles. The lowest BCUT2D eigenvalue weighted by Crippen LogP contribution is -2.50. The van der Waals surface area contributed by atoms with E-state index in [-0.39, 0.29) is 17.3 Å². The summed E-state index contributed by atoms with van der Waals surface area (Å²) < 4.78 is 28.6. The molecule has 0 aliphatic rings. The van der Waals surface area contributed by atoms with Crippen molar-refractivity contribution in [2.24, 2.45) is 0 Å². The molecule has 0 aliphatic carbocycles. The maximum absolute atomic E-state index is 13.7. The van der Waals surface area contributed by atoms with Gasteiger partial charge in [-0.15, -0.1) is 0 Å². The van der Waals surface area contributed by atoms with Crippen molar-refractivity contribution in [1.29, 1.82) is 0 Å². The zero-order chi connectivity index (χ0) is 25.6. The van der Waals surface area contributed by atoms with E-state index < -0.39 is 28.5 Å². The summed E-state index contributed by atoms with van der Waals surface area (Å²) in [6.45, 7) is 5.03. The van der Waals surface area contributed by atoms with Crippen molar-refractivity contribution >= 4 is 27.5 Å². The Morgan fingerprint density at radius 1 is 0.914 bits per heavy atom. The van der Waals surface area contributed by atoms with Crippen molar-refractivity contribution in [2.75, 3.05) is 17.9 Å². The van der Waals surface area contributed by atoms with Gasteiger partial charge in [0.2, 0.25) is 11.8 Å². The fraction of sp³-hybridized carbons (Fsp3) is 0.259. The van der Waals surface area contributed by atoms with Crippen LogP contribution in [0.2, 0.25) is 0 Å². The molecule has 2 amide bonds. The number of aryl methyl sites for hydroxylation is 2. The molecule has 0 heterocycles. The normalized spacial score (nSPS) is 12.0. The number of nitrogens with one attached hydrogen (secondary N) is 1. The number of hydrogen-bond acceptors (Lipinski definition) is 4. The summed E-state index contributed by atoms with van der Waals surface area (Å²) in [5, 5.41) is 2.58. The van der Waals surface area contributed by atoms with Crippen LogP contribution in [0.1, 0.15) is 23.6 Å². The van der Waals surface area contributed by atoms with Crippen LogP contribution in [0.5, 0.6) is 0 Å². The van der Waals surface area contributed by atoms with E-state index in [1.54, 1.807) is 31.2 Å². The maximum atomic E-state index is 13.7. The first-order valence-electron chi connectivity index (χ1n) is 11.3. The third-order valence-electron chi connectivity index (χ3n) is 5.85. The smallest absolute Gasteiger partial charge is 0.264 e. The number of carbonyl (C=O) groups excluding carboxylic acids is 2. The van der Waals surface area contributed by atoms with E-state index in [2.05, 4.69) is 5.32 Å². The number of carbonyl (C=O) groups is 2. The van der Waals surface area contributed by atoms with Crippen LogP contribution in [0.4, 0.5) is 5.69 Å². The monoisotopic (exact) mass is 493 g/mol. The van der Waals surface area contributed by atoms with Gasteiger partial charge in [0.05, 0.1) is 10.6 Å². The minimum Gasteiger partial charge on any atom is -0.357 e. The van der Waals surface area contributed by atoms with Gasteiger partial charge < -0.3 is 10.2 Å². The molecule has 0 fully saturated rings. The first kappa shape index (κ1) is 26.0. The van der Waals surface area contributed by atoms with Gasteiger partial charge in [0.15, 0.2) is 0 Å². The summed E-state index contributed by atoms with van der Waals surface area (Å²) in [4.78, 5) is 27.7. The van der Waals surface area contributed by atoms with Gasteiger partial charge >= 0.3 is 0 Å². The van der Waals surface area contributed by atoms with Crippen LogP contribution in [-0.4, -0.2) is 44.8 Å². The van der Waals surface area contributed by atoms with E-state index in [0.717, 1.165) is 21.0 Å². The van der Waals surface area contributed by atoms with Crippen LogP contribution < -0.4 is 9.62 Å². The van der Waals surface area contributed by atoms with Gasteiger partial charge in [0, 0.05) is 13.6 Å². The van der Waals surface area contributed by atoms with Crippen LogP contribution in [0.3, 0.4) is 0 Å². The lowest BCUT2D eigenvalue weighted by Gasteiger charge is -2.32. The number of benzene rings is 3. The van der Waals surface area contributed by atoms with E-state index >= 15 is 0 Å². The average Bonchev–Trinajstić information content (AvgIpc) is 2.87. The second-order valence-electron chi connectivity index (χ2n) is 8.41. The lowest BCUT2D eigenvalue weighted by atomic mass is 10.1. The summed E-state index contributed by atoms with van der Waals surface area (Å²) >= 11 is 0. The number of amides is 2. The maximum Gasteiger partial charge on any atom is 0.264 e. The largest absolute Gasteiger partial charge is 0.357 e. The fourth-order valence-corrected chi connectivity index (χ4v) is 5.28. The zero-order valence-corrected chi connectivity index (χ0v) is 21.2. The molecule has 0 bridgehead atoms. The average molecular weight is 494 g/mol.